The van der Waals surface area contributed by atoms with Crippen molar-refractivity contribution in [3.8, 4) is 34.3 Å². The summed E-state index contributed by atoms with van der Waals surface area (Å²) < 4.78 is 5.46. The van der Waals surface area contributed by atoms with Gasteiger partial charge in [-0.05, 0) is 23.8 Å². The number of rotatable bonds is 3. The quantitative estimate of drug-likeness (QED) is 0.509. The van der Waals surface area contributed by atoms with Gasteiger partial charge in [-0.25, -0.2) is 0 Å². The van der Waals surface area contributed by atoms with Crippen molar-refractivity contribution in [3.05, 3.63) is 52.2 Å². The molecule has 3 aromatic rings. The van der Waals surface area contributed by atoms with Crippen LogP contribution in [0.15, 0.2) is 34.9 Å². The first-order chi connectivity index (χ1) is 12.9. The smallest absolute Gasteiger partial charge is 0.175 e. The molecule has 4 N–H and O–H groups in total. The van der Waals surface area contributed by atoms with Crippen molar-refractivity contribution in [1.82, 2.24) is 10.1 Å². The largest absolute Gasteiger partial charge is 0.507 e. The predicted octanol–water partition coefficient (Wildman–Crippen LogP) is 3.38. The molecule has 0 radical (unpaired) electrons. The van der Waals surface area contributed by atoms with E-state index in [4.69, 9.17) is 16.1 Å². The van der Waals surface area contributed by atoms with E-state index in [-0.39, 0.29) is 28.0 Å². The first kappa shape index (κ1) is 17.5. The lowest BCUT2D eigenvalue weighted by molar-refractivity contribution is 0.244. The molecule has 0 saturated heterocycles. The molecule has 0 fully saturated rings. The van der Waals surface area contributed by atoms with Crippen molar-refractivity contribution in [3.63, 3.8) is 0 Å². The fourth-order valence-corrected chi connectivity index (χ4v) is 3.44. The molecule has 2 aromatic carbocycles. The van der Waals surface area contributed by atoms with E-state index in [1.807, 2.05) is 0 Å². The van der Waals surface area contributed by atoms with Gasteiger partial charge < -0.3 is 24.9 Å². The van der Waals surface area contributed by atoms with Crippen LogP contribution in [0.3, 0.4) is 0 Å². The van der Waals surface area contributed by atoms with E-state index in [1.165, 1.54) is 24.3 Å². The van der Waals surface area contributed by atoms with E-state index >= 15 is 0 Å². The van der Waals surface area contributed by atoms with Crippen LogP contribution in [0.4, 0.5) is 0 Å². The minimum Gasteiger partial charge on any atom is -0.507 e. The minimum absolute atomic E-state index is 0.111. The van der Waals surface area contributed by atoms with Gasteiger partial charge >= 0.3 is 0 Å². The number of phenols is 4. The normalized spacial score (nSPS) is 14.3. The molecule has 0 unspecified atom stereocenters. The number of halogens is 1. The molecule has 0 atom stereocenters. The van der Waals surface area contributed by atoms with Crippen LogP contribution in [0, 0.1) is 0 Å². The summed E-state index contributed by atoms with van der Waals surface area (Å²) in [7, 11) is 0. The molecule has 4 rings (SSSR count). The zero-order chi connectivity index (χ0) is 19.1. The van der Waals surface area contributed by atoms with E-state index in [2.05, 4.69) is 10.1 Å². The van der Waals surface area contributed by atoms with Gasteiger partial charge in [-0.2, -0.15) is 0 Å². The average molecular weight is 389 g/mol. The zero-order valence-electron chi connectivity index (χ0n) is 14.2. The maximum Gasteiger partial charge on any atom is 0.175 e. The van der Waals surface area contributed by atoms with Gasteiger partial charge in [0.25, 0.3) is 0 Å². The van der Waals surface area contributed by atoms with E-state index in [0.717, 1.165) is 23.4 Å². The Hall–Kier alpha value is -2.90. The Bertz CT molecular complexity index is 1020. The first-order valence-electron chi connectivity index (χ1n) is 8.35. The van der Waals surface area contributed by atoms with Crippen LogP contribution >= 0.6 is 11.6 Å². The summed E-state index contributed by atoms with van der Waals surface area (Å²) in [5, 5.41) is 43.1. The van der Waals surface area contributed by atoms with Crippen LogP contribution in [-0.4, -0.2) is 37.0 Å². The molecular weight excluding hydrogens is 372 g/mol. The van der Waals surface area contributed by atoms with Crippen molar-refractivity contribution < 1.29 is 24.9 Å². The van der Waals surface area contributed by atoms with Crippen LogP contribution in [-0.2, 0) is 19.5 Å². The first-order valence-corrected chi connectivity index (χ1v) is 8.72. The monoisotopic (exact) mass is 388 g/mol. The minimum atomic E-state index is -0.208. The Morgan fingerprint density at radius 3 is 2.59 bits per heavy atom. The fraction of sp³-hybridized carbons (Fsp3) is 0.211. The third-order valence-corrected chi connectivity index (χ3v) is 4.97. The van der Waals surface area contributed by atoms with Gasteiger partial charge in [-0.1, -0.05) is 22.8 Å². The molecule has 0 spiro atoms. The summed E-state index contributed by atoms with van der Waals surface area (Å²) in [5.74, 6) is -0.237. The SMILES string of the molecule is Oc1ccc(CN2CCc3noc(-c4cc(Cl)c(O)cc4O)c3C2)cc1O. The summed E-state index contributed by atoms with van der Waals surface area (Å²) >= 11 is 5.97. The number of hydrogen-bond acceptors (Lipinski definition) is 7. The average Bonchev–Trinajstić information content (AvgIpc) is 3.04. The highest BCUT2D eigenvalue weighted by atomic mass is 35.5. The van der Waals surface area contributed by atoms with Crippen LogP contribution in [0.1, 0.15) is 16.8 Å². The second-order valence-electron chi connectivity index (χ2n) is 6.54. The van der Waals surface area contributed by atoms with E-state index in [0.29, 0.717) is 30.8 Å². The Morgan fingerprint density at radius 2 is 1.81 bits per heavy atom. The molecule has 0 bridgehead atoms. The van der Waals surface area contributed by atoms with Crippen molar-refractivity contribution in [1.29, 1.82) is 0 Å². The number of fused-ring (bicyclic) bond motifs is 1. The van der Waals surface area contributed by atoms with Gasteiger partial charge in [0.1, 0.15) is 11.5 Å². The molecule has 8 heteroatoms. The summed E-state index contributed by atoms with van der Waals surface area (Å²) in [5.41, 5.74) is 2.90. The van der Waals surface area contributed by atoms with Crippen molar-refractivity contribution in [2.45, 2.75) is 19.5 Å². The van der Waals surface area contributed by atoms with Crippen LogP contribution in [0.5, 0.6) is 23.0 Å². The molecule has 1 aliphatic heterocycles. The molecule has 0 saturated carbocycles. The maximum atomic E-state index is 10.2. The standard InChI is InChI=1S/C19H17ClN2O5/c20-13-6-11(16(24)7-17(13)25)19-12-9-22(4-3-14(12)21-27-19)8-10-1-2-15(23)18(26)5-10/h1-2,5-7,23-26H,3-4,8-9H2. The van der Waals surface area contributed by atoms with Crippen LogP contribution < -0.4 is 0 Å². The second-order valence-corrected chi connectivity index (χ2v) is 6.95. The van der Waals surface area contributed by atoms with Crippen LogP contribution in [0.25, 0.3) is 11.3 Å². The van der Waals surface area contributed by atoms with Crippen molar-refractivity contribution in [2.24, 2.45) is 0 Å². The molecule has 0 amide bonds. The highest BCUT2D eigenvalue weighted by Gasteiger charge is 2.27. The molecule has 140 valence electrons. The molecule has 27 heavy (non-hydrogen) atoms. The molecule has 1 aliphatic rings. The lowest BCUT2D eigenvalue weighted by Gasteiger charge is -2.26. The third kappa shape index (κ3) is 3.27. The zero-order valence-corrected chi connectivity index (χ0v) is 14.9. The van der Waals surface area contributed by atoms with Gasteiger partial charge in [-0.15, -0.1) is 0 Å². The summed E-state index contributed by atoms with van der Waals surface area (Å²) in [6, 6.07) is 7.37. The number of aromatic nitrogens is 1. The number of phenolic OH excluding ortho intramolecular Hbond substituents is 4. The lowest BCUT2D eigenvalue weighted by Crippen LogP contribution is -2.29. The Balaban J connectivity index is 1.62. The predicted molar refractivity (Wildman–Crippen MR) is 97.9 cm³/mol. The van der Waals surface area contributed by atoms with Crippen LogP contribution in [0.2, 0.25) is 5.02 Å². The van der Waals surface area contributed by atoms with E-state index < -0.39 is 0 Å². The number of hydrogen-bond donors (Lipinski definition) is 4. The van der Waals surface area contributed by atoms with Crippen molar-refractivity contribution >= 4 is 11.6 Å². The summed E-state index contributed by atoms with van der Waals surface area (Å²) in [6.07, 6.45) is 0.676. The summed E-state index contributed by atoms with van der Waals surface area (Å²) in [6.45, 7) is 1.86. The van der Waals surface area contributed by atoms with Crippen molar-refractivity contribution in [2.75, 3.05) is 6.54 Å². The Labute approximate surface area is 159 Å². The number of aromatic hydroxyl groups is 4. The molecule has 2 heterocycles. The van der Waals surface area contributed by atoms with Gasteiger partial charge in [0.15, 0.2) is 17.3 Å². The van der Waals surface area contributed by atoms with Gasteiger partial charge in [0, 0.05) is 37.7 Å². The Kier molecular flexibility index (Phi) is 4.33. The maximum absolute atomic E-state index is 10.2. The number of benzene rings is 2. The molecular formula is C19H17ClN2O5. The van der Waals surface area contributed by atoms with E-state index in [9.17, 15) is 20.4 Å². The highest BCUT2D eigenvalue weighted by molar-refractivity contribution is 6.32. The fourth-order valence-electron chi connectivity index (χ4n) is 3.27. The Morgan fingerprint density at radius 1 is 1.00 bits per heavy atom. The molecule has 7 nitrogen and oxygen atoms in total. The molecule has 1 aromatic heterocycles. The highest BCUT2D eigenvalue weighted by Crippen LogP contribution is 2.40. The van der Waals surface area contributed by atoms with Gasteiger partial charge in [0.2, 0.25) is 0 Å². The van der Waals surface area contributed by atoms with E-state index in [1.54, 1.807) is 6.07 Å². The third-order valence-electron chi connectivity index (χ3n) is 4.67. The molecule has 0 aliphatic carbocycles. The summed E-state index contributed by atoms with van der Waals surface area (Å²) in [4.78, 5) is 2.15. The topological polar surface area (TPSA) is 110 Å². The second kappa shape index (κ2) is 6.68. The van der Waals surface area contributed by atoms with Gasteiger partial charge in [-0.3, -0.25) is 4.90 Å². The lowest BCUT2D eigenvalue weighted by atomic mass is 10.0. The number of nitrogens with zero attached hydrogens (tertiary/aromatic N) is 2. The van der Waals surface area contributed by atoms with Gasteiger partial charge in [0.05, 0.1) is 16.3 Å².